The molecule has 1 aromatic rings. The van der Waals surface area contributed by atoms with Crippen molar-refractivity contribution in [3.8, 4) is 0 Å². The van der Waals surface area contributed by atoms with E-state index >= 15 is 0 Å². The number of imidazole rings is 1. The lowest BCUT2D eigenvalue weighted by atomic mass is 10.0. The van der Waals surface area contributed by atoms with Crippen LogP contribution < -0.4 is 5.73 Å². The summed E-state index contributed by atoms with van der Waals surface area (Å²) in [5, 5.41) is 0. The van der Waals surface area contributed by atoms with Crippen molar-refractivity contribution in [2.45, 2.75) is 38.8 Å². The Morgan fingerprint density at radius 1 is 1.50 bits per heavy atom. The molecule has 1 heterocycles. The molecule has 0 spiro atoms. The van der Waals surface area contributed by atoms with Gasteiger partial charge in [0.25, 0.3) is 0 Å². The monoisotopic (exact) mass is 167 g/mol. The summed E-state index contributed by atoms with van der Waals surface area (Å²) in [5.41, 5.74) is 5.81. The Bertz CT molecular complexity index is 208. The van der Waals surface area contributed by atoms with E-state index in [0.29, 0.717) is 0 Å². The second-order valence-corrected chi connectivity index (χ2v) is 3.89. The molecule has 0 saturated carbocycles. The Hall–Kier alpha value is -0.830. The minimum Gasteiger partial charge on any atom is -0.337 e. The van der Waals surface area contributed by atoms with Crippen LogP contribution in [0.5, 0.6) is 0 Å². The van der Waals surface area contributed by atoms with Gasteiger partial charge in [0, 0.05) is 24.5 Å². The highest BCUT2D eigenvalue weighted by Gasteiger charge is 2.08. The van der Waals surface area contributed by atoms with Crippen LogP contribution in [0.3, 0.4) is 0 Å². The van der Waals surface area contributed by atoms with Gasteiger partial charge < -0.3 is 10.3 Å². The van der Waals surface area contributed by atoms with Gasteiger partial charge in [0.15, 0.2) is 0 Å². The zero-order valence-corrected chi connectivity index (χ0v) is 7.83. The van der Waals surface area contributed by atoms with Gasteiger partial charge in [-0.05, 0) is 26.7 Å². The van der Waals surface area contributed by atoms with Gasteiger partial charge in [-0.15, -0.1) is 0 Å². The van der Waals surface area contributed by atoms with E-state index in [0.717, 1.165) is 19.4 Å². The predicted molar refractivity (Wildman–Crippen MR) is 49.7 cm³/mol. The molecule has 0 unspecified atom stereocenters. The van der Waals surface area contributed by atoms with Gasteiger partial charge >= 0.3 is 0 Å². The first-order chi connectivity index (χ1) is 5.58. The van der Waals surface area contributed by atoms with E-state index in [1.807, 2.05) is 12.5 Å². The highest BCUT2D eigenvalue weighted by Crippen LogP contribution is 2.07. The number of aryl methyl sites for hydroxylation is 1. The first-order valence-corrected chi connectivity index (χ1v) is 4.32. The Morgan fingerprint density at radius 3 is 2.75 bits per heavy atom. The molecule has 0 radical (unpaired) electrons. The Morgan fingerprint density at radius 2 is 2.25 bits per heavy atom. The van der Waals surface area contributed by atoms with Gasteiger partial charge in [0.05, 0.1) is 6.33 Å². The lowest BCUT2D eigenvalue weighted by Gasteiger charge is -2.17. The summed E-state index contributed by atoms with van der Waals surface area (Å²) in [6.07, 6.45) is 7.77. The fraction of sp³-hybridized carbons (Fsp3) is 0.667. The number of nitrogens with two attached hydrogens (primary N) is 1. The summed E-state index contributed by atoms with van der Waals surface area (Å²) >= 11 is 0. The Kier molecular flexibility index (Phi) is 2.87. The molecule has 68 valence electrons. The third-order valence-electron chi connectivity index (χ3n) is 1.80. The van der Waals surface area contributed by atoms with E-state index in [9.17, 15) is 0 Å². The van der Waals surface area contributed by atoms with E-state index in [4.69, 9.17) is 5.73 Å². The zero-order valence-electron chi connectivity index (χ0n) is 7.83. The molecule has 3 heteroatoms. The minimum atomic E-state index is -0.0411. The maximum atomic E-state index is 5.85. The molecule has 0 aromatic carbocycles. The summed E-state index contributed by atoms with van der Waals surface area (Å²) < 4.78 is 2.08. The minimum absolute atomic E-state index is 0.0411. The van der Waals surface area contributed by atoms with E-state index in [2.05, 4.69) is 23.4 Å². The van der Waals surface area contributed by atoms with Gasteiger partial charge in [-0.1, -0.05) is 0 Å². The van der Waals surface area contributed by atoms with Crippen LogP contribution in [0.25, 0.3) is 0 Å². The van der Waals surface area contributed by atoms with E-state index in [-0.39, 0.29) is 5.54 Å². The maximum absolute atomic E-state index is 5.85. The van der Waals surface area contributed by atoms with E-state index in [1.165, 1.54) is 0 Å². The molecule has 0 amide bonds. The predicted octanol–water partition coefficient (Wildman–Crippen LogP) is 1.40. The standard InChI is InChI=1S/C9H17N3/c1-9(2,10)4-3-6-12-7-5-11-8-12/h5,7-8H,3-4,6,10H2,1-2H3. The highest BCUT2D eigenvalue weighted by molar-refractivity contribution is 4.76. The van der Waals surface area contributed by atoms with Crippen LogP contribution >= 0.6 is 0 Å². The van der Waals surface area contributed by atoms with E-state index in [1.54, 1.807) is 6.20 Å². The van der Waals surface area contributed by atoms with Crippen molar-refractivity contribution in [2.24, 2.45) is 5.73 Å². The largest absolute Gasteiger partial charge is 0.337 e. The number of nitrogens with zero attached hydrogens (tertiary/aromatic N) is 2. The van der Waals surface area contributed by atoms with Crippen molar-refractivity contribution in [2.75, 3.05) is 0 Å². The SMILES string of the molecule is CC(C)(N)CCCn1ccnc1. The second-order valence-electron chi connectivity index (χ2n) is 3.89. The zero-order chi connectivity index (χ0) is 9.03. The van der Waals surface area contributed by atoms with Crippen LogP contribution in [0.1, 0.15) is 26.7 Å². The van der Waals surface area contributed by atoms with Gasteiger partial charge in [0.2, 0.25) is 0 Å². The summed E-state index contributed by atoms with van der Waals surface area (Å²) in [6, 6.07) is 0. The van der Waals surface area contributed by atoms with Crippen molar-refractivity contribution in [3.05, 3.63) is 18.7 Å². The number of aromatic nitrogens is 2. The number of rotatable bonds is 4. The normalized spacial score (nSPS) is 11.9. The molecule has 0 saturated heterocycles. The van der Waals surface area contributed by atoms with Gasteiger partial charge in [-0.25, -0.2) is 4.98 Å². The van der Waals surface area contributed by atoms with Crippen LogP contribution in [0, 0.1) is 0 Å². The van der Waals surface area contributed by atoms with Crippen molar-refractivity contribution in [3.63, 3.8) is 0 Å². The fourth-order valence-electron chi connectivity index (χ4n) is 1.14. The molecule has 0 bridgehead atoms. The Balaban J connectivity index is 2.20. The van der Waals surface area contributed by atoms with Gasteiger partial charge in [0.1, 0.15) is 0 Å². The van der Waals surface area contributed by atoms with Gasteiger partial charge in [-0.2, -0.15) is 0 Å². The van der Waals surface area contributed by atoms with Gasteiger partial charge in [-0.3, -0.25) is 0 Å². The average Bonchev–Trinajstić information content (AvgIpc) is 2.36. The fourth-order valence-corrected chi connectivity index (χ4v) is 1.14. The van der Waals surface area contributed by atoms with E-state index < -0.39 is 0 Å². The van der Waals surface area contributed by atoms with Crippen LogP contribution in [-0.2, 0) is 6.54 Å². The first kappa shape index (κ1) is 9.26. The van der Waals surface area contributed by atoms with Crippen LogP contribution in [0.4, 0.5) is 0 Å². The summed E-state index contributed by atoms with van der Waals surface area (Å²) in [7, 11) is 0. The molecular formula is C9H17N3. The molecule has 0 aliphatic heterocycles. The summed E-state index contributed by atoms with van der Waals surface area (Å²) in [6.45, 7) is 5.13. The molecular weight excluding hydrogens is 150 g/mol. The quantitative estimate of drug-likeness (QED) is 0.736. The number of hydrogen-bond donors (Lipinski definition) is 1. The molecule has 3 nitrogen and oxygen atoms in total. The average molecular weight is 167 g/mol. The van der Waals surface area contributed by atoms with Crippen molar-refractivity contribution in [1.29, 1.82) is 0 Å². The maximum Gasteiger partial charge on any atom is 0.0945 e. The molecule has 2 N–H and O–H groups in total. The third kappa shape index (κ3) is 3.53. The smallest absolute Gasteiger partial charge is 0.0945 e. The van der Waals surface area contributed by atoms with Crippen molar-refractivity contribution in [1.82, 2.24) is 9.55 Å². The molecule has 0 aliphatic carbocycles. The Labute approximate surface area is 73.6 Å². The lowest BCUT2D eigenvalue weighted by molar-refractivity contribution is 0.438. The van der Waals surface area contributed by atoms with Crippen LogP contribution in [0.2, 0.25) is 0 Å². The lowest BCUT2D eigenvalue weighted by Crippen LogP contribution is -2.31. The van der Waals surface area contributed by atoms with Crippen LogP contribution in [0.15, 0.2) is 18.7 Å². The highest BCUT2D eigenvalue weighted by atomic mass is 15.0. The third-order valence-corrected chi connectivity index (χ3v) is 1.80. The molecule has 0 fully saturated rings. The van der Waals surface area contributed by atoms with Crippen molar-refractivity contribution < 1.29 is 0 Å². The molecule has 0 aliphatic rings. The molecule has 1 aromatic heterocycles. The summed E-state index contributed by atoms with van der Waals surface area (Å²) in [5.74, 6) is 0. The number of hydrogen-bond acceptors (Lipinski definition) is 2. The second kappa shape index (κ2) is 3.72. The summed E-state index contributed by atoms with van der Waals surface area (Å²) in [4.78, 5) is 3.97. The van der Waals surface area contributed by atoms with Crippen LogP contribution in [-0.4, -0.2) is 15.1 Å². The molecule has 12 heavy (non-hydrogen) atoms. The first-order valence-electron chi connectivity index (χ1n) is 4.32. The molecule has 1 rings (SSSR count). The topological polar surface area (TPSA) is 43.8 Å². The van der Waals surface area contributed by atoms with Crippen molar-refractivity contribution >= 4 is 0 Å². The molecule has 0 atom stereocenters.